The fraction of sp³-hybridized carbons (Fsp3) is 0.867. The van der Waals surface area contributed by atoms with Crippen LogP contribution in [0.4, 0.5) is 4.79 Å². The zero-order valence-electron chi connectivity index (χ0n) is 13.6. The predicted molar refractivity (Wildman–Crippen MR) is 86.2 cm³/mol. The second-order valence-electron chi connectivity index (χ2n) is 7.30. The Labute approximate surface area is 136 Å². The number of carbonyl (C=O) groups is 2. The SMILES string of the molecule is CC(C)(C)OC(=O)N1CC(CC(=O)O)(NCC2CCSC2)C1. The fourth-order valence-electron chi connectivity index (χ4n) is 2.82. The number of likely N-dealkylation sites (tertiary alicyclic amines) is 1. The Balaban J connectivity index is 1.86. The van der Waals surface area contributed by atoms with Crippen molar-refractivity contribution < 1.29 is 19.4 Å². The van der Waals surface area contributed by atoms with Gasteiger partial charge in [-0.15, -0.1) is 0 Å². The lowest BCUT2D eigenvalue weighted by molar-refractivity contribution is -0.141. The van der Waals surface area contributed by atoms with Crippen LogP contribution in [-0.2, 0) is 9.53 Å². The van der Waals surface area contributed by atoms with Gasteiger partial charge in [0.05, 0.1) is 12.0 Å². The van der Waals surface area contributed by atoms with Gasteiger partial charge in [0.15, 0.2) is 0 Å². The van der Waals surface area contributed by atoms with Crippen LogP contribution in [0, 0.1) is 5.92 Å². The summed E-state index contributed by atoms with van der Waals surface area (Å²) in [7, 11) is 0. The van der Waals surface area contributed by atoms with E-state index in [1.807, 2.05) is 32.5 Å². The molecule has 22 heavy (non-hydrogen) atoms. The predicted octanol–water partition coefficient (Wildman–Crippen LogP) is 1.79. The lowest BCUT2D eigenvalue weighted by atomic mass is 9.86. The minimum absolute atomic E-state index is 0.0339. The first-order valence-corrected chi connectivity index (χ1v) is 8.87. The Morgan fingerprint density at radius 3 is 2.59 bits per heavy atom. The number of nitrogens with zero attached hydrogens (tertiary/aromatic N) is 1. The van der Waals surface area contributed by atoms with Crippen LogP contribution in [0.1, 0.15) is 33.6 Å². The van der Waals surface area contributed by atoms with Gasteiger partial charge in [-0.25, -0.2) is 4.79 Å². The normalized spacial score (nSPS) is 24.0. The van der Waals surface area contributed by atoms with E-state index >= 15 is 0 Å². The average molecular weight is 330 g/mol. The van der Waals surface area contributed by atoms with E-state index in [1.54, 1.807) is 4.90 Å². The minimum Gasteiger partial charge on any atom is -0.481 e. The second kappa shape index (κ2) is 6.66. The van der Waals surface area contributed by atoms with Crippen molar-refractivity contribution in [3.05, 3.63) is 0 Å². The number of aliphatic carboxylic acids is 1. The summed E-state index contributed by atoms with van der Waals surface area (Å²) in [5.74, 6) is 2.08. The monoisotopic (exact) mass is 330 g/mol. The molecule has 0 saturated carbocycles. The van der Waals surface area contributed by atoms with Gasteiger partial charge in [-0.1, -0.05) is 0 Å². The topological polar surface area (TPSA) is 78.9 Å². The van der Waals surface area contributed by atoms with Crippen molar-refractivity contribution in [2.45, 2.75) is 44.8 Å². The molecule has 0 aliphatic carbocycles. The molecule has 2 fully saturated rings. The summed E-state index contributed by atoms with van der Waals surface area (Å²) in [5, 5.41) is 12.5. The van der Waals surface area contributed by atoms with E-state index in [2.05, 4.69) is 5.32 Å². The molecule has 2 rings (SSSR count). The molecule has 0 aromatic rings. The third kappa shape index (κ3) is 4.78. The van der Waals surface area contributed by atoms with Crippen molar-refractivity contribution in [2.75, 3.05) is 31.1 Å². The van der Waals surface area contributed by atoms with Gasteiger partial charge in [0.1, 0.15) is 5.60 Å². The van der Waals surface area contributed by atoms with Crippen molar-refractivity contribution >= 4 is 23.8 Å². The molecule has 2 heterocycles. The van der Waals surface area contributed by atoms with Gasteiger partial charge in [-0.2, -0.15) is 11.8 Å². The van der Waals surface area contributed by atoms with Crippen molar-refractivity contribution in [2.24, 2.45) is 5.92 Å². The van der Waals surface area contributed by atoms with Gasteiger partial charge in [-0.3, -0.25) is 4.79 Å². The number of nitrogens with one attached hydrogen (secondary N) is 1. The molecular formula is C15H26N2O4S. The number of carboxylic acids is 1. The van der Waals surface area contributed by atoms with Gasteiger partial charge >= 0.3 is 12.1 Å². The van der Waals surface area contributed by atoms with E-state index in [0.717, 1.165) is 12.3 Å². The van der Waals surface area contributed by atoms with Gasteiger partial charge < -0.3 is 20.1 Å². The molecule has 0 bridgehead atoms. The first-order chi connectivity index (χ1) is 10.2. The Morgan fingerprint density at radius 2 is 2.09 bits per heavy atom. The fourth-order valence-corrected chi connectivity index (χ4v) is 4.11. The summed E-state index contributed by atoms with van der Waals surface area (Å²) >= 11 is 1.94. The summed E-state index contributed by atoms with van der Waals surface area (Å²) in [6.45, 7) is 7.09. The van der Waals surface area contributed by atoms with E-state index in [9.17, 15) is 9.59 Å². The number of rotatable bonds is 5. The molecule has 6 nitrogen and oxygen atoms in total. The number of thioether (sulfide) groups is 1. The average Bonchev–Trinajstić information content (AvgIpc) is 2.81. The number of hydrogen-bond acceptors (Lipinski definition) is 5. The maximum Gasteiger partial charge on any atom is 0.410 e. The van der Waals surface area contributed by atoms with Gasteiger partial charge in [0, 0.05) is 13.1 Å². The van der Waals surface area contributed by atoms with Crippen molar-refractivity contribution in [3.63, 3.8) is 0 Å². The third-order valence-electron chi connectivity index (χ3n) is 3.92. The molecule has 126 valence electrons. The van der Waals surface area contributed by atoms with Crippen LogP contribution in [0.25, 0.3) is 0 Å². The highest BCUT2D eigenvalue weighted by atomic mass is 32.2. The number of hydrogen-bond donors (Lipinski definition) is 2. The lowest BCUT2D eigenvalue weighted by Gasteiger charge is -2.50. The number of amides is 1. The van der Waals surface area contributed by atoms with E-state index in [-0.39, 0.29) is 12.5 Å². The Morgan fingerprint density at radius 1 is 1.41 bits per heavy atom. The molecule has 1 unspecified atom stereocenters. The van der Waals surface area contributed by atoms with Gasteiger partial charge in [-0.05, 0) is 51.2 Å². The largest absolute Gasteiger partial charge is 0.481 e. The first-order valence-electron chi connectivity index (χ1n) is 7.72. The highest BCUT2D eigenvalue weighted by Gasteiger charge is 2.47. The molecule has 0 spiro atoms. The first kappa shape index (κ1) is 17.4. The minimum atomic E-state index is -0.836. The summed E-state index contributed by atoms with van der Waals surface area (Å²) in [6, 6.07) is 0. The Bertz CT molecular complexity index is 424. The quantitative estimate of drug-likeness (QED) is 0.800. The summed E-state index contributed by atoms with van der Waals surface area (Å²) in [6.07, 6.45) is 0.842. The molecule has 2 aliphatic rings. The molecule has 2 N–H and O–H groups in total. The van der Waals surface area contributed by atoms with Crippen molar-refractivity contribution in [1.29, 1.82) is 0 Å². The summed E-state index contributed by atoms with van der Waals surface area (Å²) in [5.41, 5.74) is -1.04. The van der Waals surface area contributed by atoms with Crippen molar-refractivity contribution in [1.82, 2.24) is 10.2 Å². The molecule has 2 saturated heterocycles. The molecule has 0 radical (unpaired) electrons. The van der Waals surface area contributed by atoms with E-state index in [1.165, 1.54) is 12.2 Å². The van der Waals surface area contributed by atoms with E-state index in [4.69, 9.17) is 9.84 Å². The maximum atomic E-state index is 12.0. The molecule has 7 heteroatoms. The standard InChI is InChI=1S/C15H26N2O4S/c1-14(2,3)21-13(20)17-9-15(10-17,6-12(18)19)16-7-11-4-5-22-8-11/h11,16H,4-10H2,1-3H3,(H,18,19). The smallest absolute Gasteiger partial charge is 0.410 e. The van der Waals surface area contributed by atoms with Crippen LogP contribution >= 0.6 is 11.8 Å². The Kier molecular flexibility index (Phi) is 5.27. The Hall–Kier alpha value is -0.950. The van der Waals surface area contributed by atoms with E-state index in [0.29, 0.717) is 19.0 Å². The van der Waals surface area contributed by atoms with Crippen LogP contribution in [0.3, 0.4) is 0 Å². The zero-order valence-corrected chi connectivity index (χ0v) is 14.4. The second-order valence-corrected chi connectivity index (χ2v) is 8.45. The molecule has 0 aromatic carbocycles. The highest BCUT2D eigenvalue weighted by molar-refractivity contribution is 7.99. The van der Waals surface area contributed by atoms with Crippen LogP contribution in [0.15, 0.2) is 0 Å². The zero-order chi connectivity index (χ0) is 16.4. The van der Waals surface area contributed by atoms with Crippen LogP contribution in [0.5, 0.6) is 0 Å². The number of carbonyl (C=O) groups excluding carboxylic acids is 1. The lowest BCUT2D eigenvalue weighted by Crippen LogP contribution is -2.71. The van der Waals surface area contributed by atoms with Crippen LogP contribution in [-0.4, -0.2) is 64.3 Å². The highest BCUT2D eigenvalue weighted by Crippen LogP contribution is 2.29. The van der Waals surface area contributed by atoms with Crippen molar-refractivity contribution in [3.8, 4) is 0 Å². The van der Waals surface area contributed by atoms with Crippen LogP contribution in [0.2, 0.25) is 0 Å². The molecule has 0 aromatic heterocycles. The maximum absolute atomic E-state index is 12.0. The molecule has 1 amide bonds. The van der Waals surface area contributed by atoms with Gasteiger partial charge in [0.25, 0.3) is 0 Å². The third-order valence-corrected chi connectivity index (χ3v) is 5.15. The summed E-state index contributed by atoms with van der Waals surface area (Å²) in [4.78, 5) is 24.7. The summed E-state index contributed by atoms with van der Waals surface area (Å²) < 4.78 is 5.33. The van der Waals surface area contributed by atoms with E-state index < -0.39 is 17.1 Å². The number of ether oxygens (including phenoxy) is 1. The molecule has 1 atom stereocenters. The number of carboxylic acid groups (broad SMARTS) is 1. The molecule has 2 aliphatic heterocycles. The van der Waals surface area contributed by atoms with Crippen LogP contribution < -0.4 is 5.32 Å². The van der Waals surface area contributed by atoms with Gasteiger partial charge in [0.2, 0.25) is 0 Å². The molecular weight excluding hydrogens is 304 g/mol.